The Kier molecular flexibility index (Phi) is 4.15. The number of hydrogen-bond donors (Lipinski definition) is 1. The molecule has 9 heteroatoms. The standard InChI is InChI=1S/C19H24F5N3O/c1-11-14(16(2)9-18(20,21)10-16)26-27(12-4-3-5-12)15(11)25-13(28)8-17(6-7-17)19(22,23)24/h12H,3-10H2,1-2H3,(H,25,28). The van der Waals surface area contributed by atoms with Gasteiger partial charge in [-0.15, -0.1) is 0 Å². The van der Waals surface area contributed by atoms with Crippen molar-refractivity contribution in [2.75, 3.05) is 5.32 Å². The van der Waals surface area contributed by atoms with Gasteiger partial charge < -0.3 is 5.32 Å². The zero-order valence-corrected chi connectivity index (χ0v) is 15.9. The summed E-state index contributed by atoms with van der Waals surface area (Å²) in [6.07, 6.45) is -3.02. The molecule has 0 aromatic carbocycles. The molecule has 0 bridgehead atoms. The fourth-order valence-corrected chi connectivity index (χ4v) is 4.59. The van der Waals surface area contributed by atoms with Gasteiger partial charge in [-0.2, -0.15) is 18.3 Å². The number of aromatic nitrogens is 2. The lowest BCUT2D eigenvalue weighted by molar-refractivity contribution is -0.189. The number of nitrogens with zero attached hydrogens (tertiary/aromatic N) is 2. The smallest absolute Gasteiger partial charge is 0.311 e. The van der Waals surface area contributed by atoms with Crippen LogP contribution in [0, 0.1) is 12.3 Å². The lowest BCUT2D eigenvalue weighted by Crippen LogP contribution is -2.47. The van der Waals surface area contributed by atoms with E-state index in [1.165, 1.54) is 0 Å². The van der Waals surface area contributed by atoms with Crippen LogP contribution in [0.4, 0.5) is 27.8 Å². The minimum atomic E-state index is -4.40. The maximum Gasteiger partial charge on any atom is 0.395 e. The molecule has 1 amide bonds. The first kappa shape index (κ1) is 19.6. The second kappa shape index (κ2) is 5.92. The molecule has 0 radical (unpaired) electrons. The van der Waals surface area contributed by atoms with E-state index >= 15 is 0 Å². The van der Waals surface area contributed by atoms with Crippen LogP contribution in [-0.2, 0) is 10.2 Å². The summed E-state index contributed by atoms with van der Waals surface area (Å²) in [5, 5.41) is 7.18. The van der Waals surface area contributed by atoms with E-state index in [4.69, 9.17) is 0 Å². The van der Waals surface area contributed by atoms with E-state index in [1.54, 1.807) is 18.5 Å². The Morgan fingerprint density at radius 3 is 2.29 bits per heavy atom. The first-order chi connectivity index (χ1) is 12.9. The van der Waals surface area contributed by atoms with Crippen molar-refractivity contribution in [3.05, 3.63) is 11.3 Å². The molecule has 0 aliphatic heterocycles. The molecule has 28 heavy (non-hydrogen) atoms. The summed E-state index contributed by atoms with van der Waals surface area (Å²) in [6, 6.07) is 0.0458. The first-order valence-corrected chi connectivity index (χ1v) is 9.70. The topological polar surface area (TPSA) is 46.9 Å². The molecule has 3 aliphatic rings. The van der Waals surface area contributed by atoms with Gasteiger partial charge in [0.1, 0.15) is 5.82 Å². The Labute approximate surface area is 159 Å². The zero-order chi connectivity index (χ0) is 20.5. The number of nitrogens with one attached hydrogen (secondary N) is 1. The molecule has 1 N–H and O–H groups in total. The van der Waals surface area contributed by atoms with Gasteiger partial charge in [0.15, 0.2) is 0 Å². The van der Waals surface area contributed by atoms with Gasteiger partial charge in [0.05, 0.1) is 17.2 Å². The van der Waals surface area contributed by atoms with E-state index in [0.717, 1.165) is 19.3 Å². The van der Waals surface area contributed by atoms with Crippen LogP contribution in [0.2, 0.25) is 0 Å². The highest BCUT2D eigenvalue weighted by atomic mass is 19.4. The highest BCUT2D eigenvalue weighted by Crippen LogP contribution is 2.60. The molecule has 0 unspecified atom stereocenters. The van der Waals surface area contributed by atoms with Crippen molar-refractivity contribution >= 4 is 11.7 Å². The average molecular weight is 405 g/mol. The fraction of sp³-hybridized carbons (Fsp3) is 0.789. The van der Waals surface area contributed by atoms with E-state index in [9.17, 15) is 26.7 Å². The van der Waals surface area contributed by atoms with Crippen LogP contribution in [0.5, 0.6) is 0 Å². The number of alkyl halides is 5. The molecule has 0 atom stereocenters. The minimum Gasteiger partial charge on any atom is -0.311 e. The van der Waals surface area contributed by atoms with Crippen LogP contribution < -0.4 is 5.32 Å². The normalized spacial score (nSPS) is 25.0. The van der Waals surface area contributed by atoms with Crippen LogP contribution >= 0.6 is 0 Å². The molecule has 1 aromatic rings. The fourth-order valence-electron chi connectivity index (χ4n) is 4.59. The number of amides is 1. The molecular weight excluding hydrogens is 381 g/mol. The quantitative estimate of drug-likeness (QED) is 0.678. The first-order valence-electron chi connectivity index (χ1n) is 9.70. The van der Waals surface area contributed by atoms with Crippen LogP contribution in [0.25, 0.3) is 0 Å². The van der Waals surface area contributed by atoms with Gasteiger partial charge in [0.2, 0.25) is 11.8 Å². The van der Waals surface area contributed by atoms with Crippen LogP contribution in [0.1, 0.15) is 75.6 Å². The number of anilines is 1. The summed E-state index contributed by atoms with van der Waals surface area (Å²) < 4.78 is 68.1. The third-order valence-corrected chi connectivity index (χ3v) is 6.65. The zero-order valence-electron chi connectivity index (χ0n) is 15.9. The van der Waals surface area contributed by atoms with Crippen molar-refractivity contribution in [3.63, 3.8) is 0 Å². The minimum absolute atomic E-state index is 0.0385. The third kappa shape index (κ3) is 3.10. The molecule has 156 valence electrons. The van der Waals surface area contributed by atoms with E-state index in [0.29, 0.717) is 17.1 Å². The van der Waals surface area contributed by atoms with E-state index in [2.05, 4.69) is 10.4 Å². The summed E-state index contributed by atoms with van der Waals surface area (Å²) in [5.41, 5.74) is -1.62. The Hall–Kier alpha value is -1.67. The van der Waals surface area contributed by atoms with E-state index in [1.807, 2.05) is 0 Å². The Balaban J connectivity index is 1.58. The number of carbonyl (C=O) groups excluding carboxylic acids is 1. The highest BCUT2D eigenvalue weighted by molar-refractivity contribution is 5.91. The SMILES string of the molecule is Cc1c(C2(C)CC(F)(F)C2)nn(C2CCC2)c1NC(=O)CC1(C(F)(F)F)CC1. The molecule has 4 nitrogen and oxygen atoms in total. The molecule has 3 saturated carbocycles. The molecule has 0 spiro atoms. The van der Waals surface area contributed by atoms with Crippen molar-refractivity contribution in [2.24, 2.45) is 5.41 Å². The summed E-state index contributed by atoms with van der Waals surface area (Å²) >= 11 is 0. The summed E-state index contributed by atoms with van der Waals surface area (Å²) in [4.78, 5) is 12.4. The number of carbonyl (C=O) groups is 1. The number of halogens is 5. The molecule has 0 saturated heterocycles. The van der Waals surface area contributed by atoms with Gasteiger partial charge in [-0.1, -0.05) is 6.92 Å². The predicted molar refractivity (Wildman–Crippen MR) is 92.4 cm³/mol. The van der Waals surface area contributed by atoms with Crippen molar-refractivity contribution in [1.29, 1.82) is 0 Å². The van der Waals surface area contributed by atoms with Gasteiger partial charge in [-0.05, 0) is 39.0 Å². The van der Waals surface area contributed by atoms with Gasteiger partial charge in [-0.3, -0.25) is 4.79 Å². The Morgan fingerprint density at radius 1 is 1.25 bits per heavy atom. The van der Waals surface area contributed by atoms with Crippen LogP contribution in [-0.4, -0.2) is 27.8 Å². The maximum absolute atomic E-state index is 13.5. The van der Waals surface area contributed by atoms with Crippen molar-refractivity contribution in [2.45, 2.75) is 88.8 Å². The predicted octanol–water partition coefficient (Wildman–Crippen LogP) is 5.27. The monoisotopic (exact) mass is 405 g/mol. The summed E-state index contributed by atoms with van der Waals surface area (Å²) in [7, 11) is 0. The summed E-state index contributed by atoms with van der Waals surface area (Å²) in [6.45, 7) is 3.42. The van der Waals surface area contributed by atoms with Crippen molar-refractivity contribution < 1.29 is 26.7 Å². The third-order valence-electron chi connectivity index (χ3n) is 6.65. The van der Waals surface area contributed by atoms with Crippen molar-refractivity contribution in [3.8, 4) is 0 Å². The van der Waals surface area contributed by atoms with Gasteiger partial charge in [-0.25, -0.2) is 13.5 Å². The van der Waals surface area contributed by atoms with Gasteiger partial charge in [0.25, 0.3) is 0 Å². The molecule has 3 fully saturated rings. The van der Waals surface area contributed by atoms with Crippen molar-refractivity contribution in [1.82, 2.24) is 9.78 Å². The Morgan fingerprint density at radius 2 is 1.86 bits per heavy atom. The lowest BCUT2D eigenvalue weighted by Gasteiger charge is -2.44. The molecule has 4 rings (SSSR count). The summed E-state index contributed by atoms with van der Waals surface area (Å²) in [5.74, 6) is -3.07. The number of rotatable bonds is 5. The molecule has 1 heterocycles. The molecule has 1 aromatic heterocycles. The highest BCUT2D eigenvalue weighted by Gasteiger charge is 2.64. The molecular formula is C19H24F5N3O. The largest absolute Gasteiger partial charge is 0.395 e. The second-order valence-corrected chi connectivity index (χ2v) is 9.12. The van der Waals surface area contributed by atoms with Gasteiger partial charge >= 0.3 is 6.18 Å². The second-order valence-electron chi connectivity index (χ2n) is 9.12. The average Bonchev–Trinajstić information content (AvgIpc) is 3.18. The van der Waals surface area contributed by atoms with E-state index in [-0.39, 0.29) is 31.7 Å². The lowest BCUT2D eigenvalue weighted by atomic mass is 9.65. The number of hydrogen-bond acceptors (Lipinski definition) is 2. The Bertz CT molecular complexity index is 797. The van der Waals surface area contributed by atoms with Crippen LogP contribution in [0.3, 0.4) is 0 Å². The van der Waals surface area contributed by atoms with E-state index < -0.39 is 35.3 Å². The molecule has 3 aliphatic carbocycles. The maximum atomic E-state index is 13.5. The van der Waals surface area contributed by atoms with Gasteiger partial charge in [0, 0.05) is 30.2 Å². The van der Waals surface area contributed by atoms with Crippen LogP contribution in [0.15, 0.2) is 0 Å².